The van der Waals surface area contributed by atoms with Crippen molar-refractivity contribution in [2.45, 2.75) is 27.3 Å². The van der Waals surface area contributed by atoms with Crippen LogP contribution in [0.5, 0.6) is 0 Å². The number of aryl methyl sites for hydroxylation is 2. The van der Waals surface area contributed by atoms with Gasteiger partial charge < -0.3 is 4.57 Å². The molecule has 0 saturated carbocycles. The van der Waals surface area contributed by atoms with E-state index >= 15 is 0 Å². The van der Waals surface area contributed by atoms with Crippen molar-refractivity contribution in [3.05, 3.63) is 106 Å². The van der Waals surface area contributed by atoms with Crippen molar-refractivity contribution in [3.8, 4) is 0 Å². The van der Waals surface area contributed by atoms with E-state index in [0.717, 1.165) is 40.0 Å². The van der Waals surface area contributed by atoms with E-state index in [1.165, 1.54) is 22.9 Å². The fourth-order valence-electron chi connectivity index (χ4n) is 4.47. The van der Waals surface area contributed by atoms with Gasteiger partial charge in [0, 0.05) is 28.7 Å². The van der Waals surface area contributed by atoms with Gasteiger partial charge >= 0.3 is 0 Å². The van der Waals surface area contributed by atoms with Crippen molar-refractivity contribution < 1.29 is 4.79 Å². The van der Waals surface area contributed by atoms with E-state index in [1.807, 2.05) is 37.3 Å². The number of hydrogen-bond donors (Lipinski definition) is 0. The molecule has 5 rings (SSSR count). The number of nitrogens with zero attached hydrogens (tertiary/aromatic N) is 2. The van der Waals surface area contributed by atoms with E-state index in [0.29, 0.717) is 9.23 Å². The largest absolute Gasteiger partial charge is 0.340 e. The second-order valence-corrected chi connectivity index (χ2v) is 10.1. The summed E-state index contributed by atoms with van der Waals surface area (Å²) in [5.74, 6) is -0.0590. The molecule has 164 valence electrons. The summed E-state index contributed by atoms with van der Waals surface area (Å²) in [4.78, 5) is 15.8. The Morgan fingerprint density at radius 1 is 0.939 bits per heavy atom. The minimum Gasteiger partial charge on any atom is -0.340 e. The van der Waals surface area contributed by atoms with E-state index in [1.54, 1.807) is 4.90 Å². The third-order valence-corrected chi connectivity index (χ3v) is 7.43. The van der Waals surface area contributed by atoms with E-state index in [2.05, 4.69) is 66.9 Å². The number of carbonyl (C=O) groups is 1. The third kappa shape index (κ3) is 3.92. The number of carbonyl (C=O) groups excluding carboxylic acids is 1. The van der Waals surface area contributed by atoms with Crippen LogP contribution in [0.25, 0.3) is 17.0 Å². The maximum Gasteiger partial charge on any atom is 0.270 e. The summed E-state index contributed by atoms with van der Waals surface area (Å²) in [5, 5.41) is 1.14. The molecule has 2 heterocycles. The minimum absolute atomic E-state index is 0.0590. The number of fused-ring (bicyclic) bond motifs is 1. The molecule has 0 spiro atoms. The fourth-order valence-corrected chi connectivity index (χ4v) is 5.74. The number of amides is 1. The molecular weight excluding hydrogens is 444 g/mol. The number of aromatic nitrogens is 1. The second kappa shape index (κ2) is 8.65. The minimum atomic E-state index is -0.0590. The van der Waals surface area contributed by atoms with Gasteiger partial charge in [0.15, 0.2) is 4.32 Å². The van der Waals surface area contributed by atoms with E-state index < -0.39 is 0 Å². The van der Waals surface area contributed by atoms with Gasteiger partial charge in [-0.05, 0) is 50.1 Å². The van der Waals surface area contributed by atoms with Gasteiger partial charge in [0.1, 0.15) is 0 Å². The van der Waals surface area contributed by atoms with Crippen molar-refractivity contribution >= 4 is 56.9 Å². The first kappa shape index (κ1) is 21.7. The lowest BCUT2D eigenvalue weighted by Gasteiger charge is -2.17. The van der Waals surface area contributed by atoms with Crippen LogP contribution in [0.1, 0.15) is 27.9 Å². The van der Waals surface area contributed by atoms with E-state index in [-0.39, 0.29) is 5.91 Å². The number of thiocarbonyl (C=S) groups is 1. The summed E-state index contributed by atoms with van der Waals surface area (Å²) in [6, 6.07) is 24.9. The molecule has 4 aromatic rings. The molecule has 3 nitrogen and oxygen atoms in total. The SMILES string of the molecule is Cc1ccc(N2C(=O)/C(=C\c3c(C)n(Cc4ccccc4)c4ccccc34)SC2=S)c(C)c1. The quantitative estimate of drug-likeness (QED) is 0.238. The van der Waals surface area contributed by atoms with Crippen molar-refractivity contribution in [2.24, 2.45) is 0 Å². The number of para-hydroxylation sites is 1. The van der Waals surface area contributed by atoms with E-state index in [9.17, 15) is 4.79 Å². The van der Waals surface area contributed by atoms with Gasteiger partial charge in [-0.25, -0.2) is 0 Å². The Balaban J connectivity index is 1.58. The Hall–Kier alpha value is -3.15. The summed E-state index contributed by atoms with van der Waals surface area (Å²) in [6.45, 7) is 6.98. The zero-order valence-electron chi connectivity index (χ0n) is 18.8. The lowest BCUT2D eigenvalue weighted by molar-refractivity contribution is -0.113. The maximum absolute atomic E-state index is 13.4. The first-order valence-electron chi connectivity index (χ1n) is 10.9. The monoisotopic (exact) mass is 468 g/mol. The summed E-state index contributed by atoms with van der Waals surface area (Å²) in [5.41, 5.74) is 7.68. The van der Waals surface area contributed by atoms with Crippen LogP contribution >= 0.6 is 24.0 Å². The second-order valence-electron chi connectivity index (χ2n) is 8.40. The maximum atomic E-state index is 13.4. The normalized spacial score (nSPS) is 15.2. The van der Waals surface area contributed by atoms with Crippen molar-refractivity contribution in [2.75, 3.05) is 4.90 Å². The van der Waals surface area contributed by atoms with E-state index in [4.69, 9.17) is 12.2 Å². The lowest BCUT2D eigenvalue weighted by Crippen LogP contribution is -2.28. The summed E-state index contributed by atoms with van der Waals surface area (Å²) < 4.78 is 2.89. The standard InChI is InChI=1S/C28H24N2OS2/c1-18-13-14-24(19(2)15-18)30-27(31)26(33-28(30)32)16-23-20(3)29(17-21-9-5-4-6-10-21)25-12-8-7-11-22(23)25/h4-16H,17H2,1-3H3/b26-16+. The molecule has 1 aromatic heterocycles. The number of hydrogen-bond acceptors (Lipinski definition) is 3. The summed E-state index contributed by atoms with van der Waals surface area (Å²) in [6.07, 6.45) is 2.02. The van der Waals surface area contributed by atoms with Crippen molar-refractivity contribution in [3.63, 3.8) is 0 Å². The zero-order chi connectivity index (χ0) is 23.1. The number of rotatable bonds is 4. The average Bonchev–Trinajstić information content (AvgIpc) is 3.23. The molecule has 3 aromatic carbocycles. The first-order valence-corrected chi connectivity index (χ1v) is 12.1. The van der Waals surface area contributed by atoms with Crippen LogP contribution in [-0.4, -0.2) is 14.8 Å². The van der Waals surface area contributed by atoms with Gasteiger partial charge in [-0.2, -0.15) is 0 Å². The predicted octanol–water partition coefficient (Wildman–Crippen LogP) is 7.02. The van der Waals surface area contributed by atoms with Crippen LogP contribution in [0.15, 0.2) is 77.7 Å². The van der Waals surface area contributed by atoms with Gasteiger partial charge in [0.25, 0.3) is 5.91 Å². The van der Waals surface area contributed by atoms with Gasteiger partial charge in [-0.15, -0.1) is 0 Å². The van der Waals surface area contributed by atoms with Gasteiger partial charge in [-0.1, -0.05) is 90.2 Å². The van der Waals surface area contributed by atoms with Crippen LogP contribution in [0.4, 0.5) is 5.69 Å². The predicted molar refractivity (Wildman–Crippen MR) is 144 cm³/mol. The van der Waals surface area contributed by atoms with Crippen LogP contribution < -0.4 is 4.90 Å². The van der Waals surface area contributed by atoms with Crippen molar-refractivity contribution in [1.82, 2.24) is 4.57 Å². The topological polar surface area (TPSA) is 25.2 Å². The highest BCUT2D eigenvalue weighted by Gasteiger charge is 2.34. The highest BCUT2D eigenvalue weighted by Crippen LogP contribution is 2.39. The van der Waals surface area contributed by atoms with Crippen LogP contribution in [0, 0.1) is 20.8 Å². The highest BCUT2D eigenvalue weighted by molar-refractivity contribution is 8.27. The molecule has 1 aliphatic rings. The van der Waals surface area contributed by atoms with Gasteiger partial charge in [0.2, 0.25) is 0 Å². The Morgan fingerprint density at radius 3 is 2.42 bits per heavy atom. The number of thioether (sulfide) groups is 1. The lowest BCUT2D eigenvalue weighted by atomic mass is 10.1. The van der Waals surface area contributed by atoms with Gasteiger partial charge in [0.05, 0.1) is 10.6 Å². The molecule has 1 saturated heterocycles. The molecule has 5 heteroatoms. The highest BCUT2D eigenvalue weighted by atomic mass is 32.2. The Morgan fingerprint density at radius 2 is 1.67 bits per heavy atom. The van der Waals surface area contributed by atoms with Crippen molar-refractivity contribution in [1.29, 1.82) is 0 Å². The molecule has 0 N–H and O–H groups in total. The Kier molecular flexibility index (Phi) is 5.69. The fraction of sp³-hybridized carbons (Fsp3) is 0.143. The number of anilines is 1. The molecule has 0 unspecified atom stereocenters. The zero-order valence-corrected chi connectivity index (χ0v) is 20.5. The molecule has 0 bridgehead atoms. The molecule has 1 fully saturated rings. The molecule has 0 aliphatic carbocycles. The molecule has 1 aliphatic heterocycles. The molecule has 33 heavy (non-hydrogen) atoms. The first-order chi connectivity index (χ1) is 15.9. The Labute approximate surface area is 203 Å². The molecule has 0 radical (unpaired) electrons. The Bertz CT molecular complexity index is 1430. The van der Waals surface area contributed by atoms with Crippen LogP contribution in [0.3, 0.4) is 0 Å². The smallest absolute Gasteiger partial charge is 0.270 e. The molecule has 1 amide bonds. The molecule has 0 atom stereocenters. The molecular formula is C28H24N2OS2. The number of benzene rings is 3. The van der Waals surface area contributed by atoms with Crippen LogP contribution in [-0.2, 0) is 11.3 Å². The van der Waals surface area contributed by atoms with Crippen LogP contribution in [0.2, 0.25) is 0 Å². The van der Waals surface area contributed by atoms with Gasteiger partial charge in [-0.3, -0.25) is 9.69 Å². The summed E-state index contributed by atoms with van der Waals surface area (Å²) in [7, 11) is 0. The average molecular weight is 469 g/mol. The third-order valence-electron chi connectivity index (χ3n) is 6.13. The summed E-state index contributed by atoms with van der Waals surface area (Å²) >= 11 is 7.00.